The maximum Gasteiger partial charge on any atom is 0.123 e. The summed E-state index contributed by atoms with van der Waals surface area (Å²) in [6.07, 6.45) is 2.24. The molecule has 76 valence electrons. The minimum Gasteiger partial charge on any atom is -0.253 e. The van der Waals surface area contributed by atoms with Gasteiger partial charge in [-0.15, -0.1) is 0 Å². The van der Waals surface area contributed by atoms with Crippen LogP contribution in [0.2, 0.25) is 0 Å². The number of nitrogens with zero attached hydrogens (tertiary/aromatic N) is 1. The number of hydrogen-bond donors (Lipinski definition) is 1. The lowest BCUT2D eigenvalue weighted by molar-refractivity contribution is 0.349. The number of halogens is 1. The van der Waals surface area contributed by atoms with Crippen LogP contribution in [0.1, 0.15) is 24.3 Å². The number of hydrogen-bond acceptors (Lipinski definition) is 2. The molecule has 1 saturated heterocycles. The standard InChI is InChI=1S/C11H14FNS/c12-11-3-1-9(2-4-11)10-5-7-13(14)8-6-10/h1-4,10,14H,5-8H2. The quantitative estimate of drug-likeness (QED) is 0.699. The molecule has 1 nitrogen and oxygen atoms in total. The Morgan fingerprint density at radius 2 is 1.71 bits per heavy atom. The van der Waals surface area contributed by atoms with E-state index in [2.05, 4.69) is 12.8 Å². The van der Waals surface area contributed by atoms with Crippen molar-refractivity contribution in [1.29, 1.82) is 0 Å². The predicted molar refractivity (Wildman–Crippen MR) is 58.9 cm³/mol. The van der Waals surface area contributed by atoms with Crippen LogP contribution in [0.4, 0.5) is 4.39 Å². The van der Waals surface area contributed by atoms with Crippen molar-refractivity contribution in [3.8, 4) is 0 Å². The van der Waals surface area contributed by atoms with Crippen LogP contribution in [0.5, 0.6) is 0 Å². The molecule has 0 atom stereocenters. The van der Waals surface area contributed by atoms with Crippen LogP contribution in [-0.4, -0.2) is 17.4 Å². The molecule has 0 amide bonds. The summed E-state index contributed by atoms with van der Waals surface area (Å²) in [7, 11) is 0. The summed E-state index contributed by atoms with van der Waals surface area (Å²) in [5.74, 6) is 0.430. The van der Waals surface area contributed by atoms with Crippen LogP contribution < -0.4 is 0 Å². The molecule has 0 saturated carbocycles. The van der Waals surface area contributed by atoms with Gasteiger partial charge in [0.2, 0.25) is 0 Å². The van der Waals surface area contributed by atoms with E-state index in [0.29, 0.717) is 5.92 Å². The van der Waals surface area contributed by atoms with Gasteiger partial charge in [-0.05, 0) is 36.5 Å². The molecule has 3 heteroatoms. The third-order valence-corrected chi connectivity index (χ3v) is 3.21. The third-order valence-electron chi connectivity index (χ3n) is 2.81. The topological polar surface area (TPSA) is 3.24 Å². The van der Waals surface area contributed by atoms with Gasteiger partial charge in [0.05, 0.1) is 0 Å². The van der Waals surface area contributed by atoms with E-state index in [0.717, 1.165) is 25.9 Å². The Bertz CT molecular complexity index is 291. The average molecular weight is 211 g/mol. The molecule has 0 unspecified atom stereocenters. The molecule has 2 rings (SSSR count). The molecule has 1 aliphatic heterocycles. The van der Waals surface area contributed by atoms with Crippen molar-refractivity contribution < 1.29 is 4.39 Å². The highest BCUT2D eigenvalue weighted by Crippen LogP contribution is 2.28. The summed E-state index contributed by atoms with van der Waals surface area (Å²) in [5.41, 5.74) is 1.26. The molecular formula is C11H14FNS. The van der Waals surface area contributed by atoms with Crippen LogP contribution in [-0.2, 0) is 0 Å². The fraction of sp³-hybridized carbons (Fsp3) is 0.455. The van der Waals surface area contributed by atoms with E-state index in [9.17, 15) is 4.39 Å². The first kappa shape index (κ1) is 9.99. The lowest BCUT2D eigenvalue weighted by Crippen LogP contribution is -2.25. The summed E-state index contributed by atoms with van der Waals surface area (Å²) >= 11 is 4.30. The van der Waals surface area contributed by atoms with E-state index in [1.165, 1.54) is 5.56 Å². The van der Waals surface area contributed by atoms with Crippen LogP contribution in [0, 0.1) is 5.82 Å². The Balaban J connectivity index is 2.05. The molecular weight excluding hydrogens is 197 g/mol. The zero-order chi connectivity index (χ0) is 9.97. The number of benzene rings is 1. The number of piperidine rings is 1. The smallest absolute Gasteiger partial charge is 0.123 e. The van der Waals surface area contributed by atoms with Gasteiger partial charge < -0.3 is 0 Å². The minimum absolute atomic E-state index is 0.152. The second kappa shape index (κ2) is 4.32. The van der Waals surface area contributed by atoms with Crippen molar-refractivity contribution >= 4 is 12.8 Å². The Labute approximate surface area is 89.5 Å². The average Bonchev–Trinajstić information content (AvgIpc) is 2.21. The first-order valence-corrected chi connectivity index (χ1v) is 5.35. The monoisotopic (exact) mass is 211 g/mol. The van der Waals surface area contributed by atoms with E-state index in [4.69, 9.17) is 0 Å². The van der Waals surface area contributed by atoms with E-state index < -0.39 is 0 Å². The summed E-state index contributed by atoms with van der Waals surface area (Å²) in [6, 6.07) is 6.88. The fourth-order valence-corrected chi connectivity index (χ4v) is 2.17. The van der Waals surface area contributed by atoms with Gasteiger partial charge in [0.1, 0.15) is 5.82 Å². The van der Waals surface area contributed by atoms with E-state index >= 15 is 0 Å². The second-order valence-corrected chi connectivity index (χ2v) is 4.35. The van der Waals surface area contributed by atoms with Crippen molar-refractivity contribution in [3.63, 3.8) is 0 Å². The molecule has 0 N–H and O–H groups in total. The van der Waals surface area contributed by atoms with E-state index in [1.807, 2.05) is 16.4 Å². The largest absolute Gasteiger partial charge is 0.253 e. The van der Waals surface area contributed by atoms with Crippen molar-refractivity contribution in [2.75, 3.05) is 13.1 Å². The van der Waals surface area contributed by atoms with Crippen LogP contribution in [0.15, 0.2) is 24.3 Å². The maximum absolute atomic E-state index is 12.7. The van der Waals surface area contributed by atoms with Crippen LogP contribution in [0.25, 0.3) is 0 Å². The molecule has 1 aromatic rings. The van der Waals surface area contributed by atoms with Crippen LogP contribution in [0.3, 0.4) is 0 Å². The fourth-order valence-electron chi connectivity index (χ4n) is 1.93. The second-order valence-electron chi connectivity index (χ2n) is 3.78. The van der Waals surface area contributed by atoms with Gasteiger partial charge in [0.15, 0.2) is 0 Å². The van der Waals surface area contributed by atoms with Crippen molar-refractivity contribution in [1.82, 2.24) is 4.31 Å². The normalized spacial score (nSPS) is 19.9. The molecule has 14 heavy (non-hydrogen) atoms. The first-order valence-electron chi connectivity index (χ1n) is 4.95. The summed E-state index contributed by atoms with van der Waals surface area (Å²) < 4.78 is 14.7. The Morgan fingerprint density at radius 3 is 2.29 bits per heavy atom. The summed E-state index contributed by atoms with van der Waals surface area (Å²) in [6.45, 7) is 2.04. The SMILES string of the molecule is Fc1ccc(C2CCN(S)CC2)cc1. The van der Waals surface area contributed by atoms with Crippen LogP contribution >= 0.6 is 12.8 Å². The molecule has 0 aromatic heterocycles. The van der Waals surface area contributed by atoms with Gasteiger partial charge in [-0.3, -0.25) is 4.31 Å². The zero-order valence-electron chi connectivity index (χ0n) is 7.99. The molecule has 0 bridgehead atoms. The molecule has 1 fully saturated rings. The lowest BCUT2D eigenvalue weighted by atomic mass is 9.90. The maximum atomic E-state index is 12.7. The molecule has 0 aliphatic carbocycles. The van der Waals surface area contributed by atoms with E-state index in [1.54, 1.807) is 12.1 Å². The highest BCUT2D eigenvalue weighted by atomic mass is 32.1. The van der Waals surface area contributed by atoms with Crippen molar-refractivity contribution in [2.45, 2.75) is 18.8 Å². The molecule has 1 aliphatic rings. The zero-order valence-corrected chi connectivity index (χ0v) is 8.88. The van der Waals surface area contributed by atoms with Crippen molar-refractivity contribution in [2.24, 2.45) is 0 Å². The number of thiol groups is 1. The molecule has 0 radical (unpaired) electrons. The Kier molecular flexibility index (Phi) is 3.08. The van der Waals surface area contributed by atoms with Crippen molar-refractivity contribution in [3.05, 3.63) is 35.6 Å². The van der Waals surface area contributed by atoms with Gasteiger partial charge in [-0.1, -0.05) is 24.9 Å². The van der Waals surface area contributed by atoms with Gasteiger partial charge in [0, 0.05) is 13.1 Å². The lowest BCUT2D eigenvalue weighted by Gasteiger charge is -2.28. The number of rotatable bonds is 1. The Morgan fingerprint density at radius 1 is 1.14 bits per heavy atom. The van der Waals surface area contributed by atoms with Gasteiger partial charge in [-0.2, -0.15) is 0 Å². The minimum atomic E-state index is -0.152. The Hall–Kier alpha value is -0.540. The highest BCUT2D eigenvalue weighted by Gasteiger charge is 2.18. The third kappa shape index (κ3) is 2.28. The summed E-state index contributed by atoms with van der Waals surface area (Å²) in [4.78, 5) is 0. The molecule has 0 spiro atoms. The van der Waals surface area contributed by atoms with Gasteiger partial charge in [0.25, 0.3) is 0 Å². The molecule has 1 aromatic carbocycles. The van der Waals surface area contributed by atoms with Gasteiger partial charge in [-0.25, -0.2) is 4.39 Å². The summed E-state index contributed by atoms with van der Waals surface area (Å²) in [5, 5.41) is 0. The molecule has 1 heterocycles. The first-order chi connectivity index (χ1) is 6.75. The van der Waals surface area contributed by atoms with E-state index in [-0.39, 0.29) is 5.82 Å². The predicted octanol–water partition coefficient (Wildman–Crippen LogP) is 2.85. The highest BCUT2D eigenvalue weighted by molar-refractivity contribution is 7.77. The van der Waals surface area contributed by atoms with Gasteiger partial charge >= 0.3 is 0 Å².